The molecule has 0 aliphatic carbocycles. The van der Waals surface area contributed by atoms with Gasteiger partial charge in [-0.15, -0.1) is 0 Å². The number of rotatable bonds is 6. The van der Waals surface area contributed by atoms with Crippen LogP contribution in [0.1, 0.15) is 24.8 Å². The van der Waals surface area contributed by atoms with Crippen LogP contribution in [-0.2, 0) is 6.42 Å². The summed E-state index contributed by atoms with van der Waals surface area (Å²) in [5.74, 6) is 0.659. The summed E-state index contributed by atoms with van der Waals surface area (Å²) >= 11 is 0. The number of nitrogens with zero attached hydrogens (tertiary/aromatic N) is 2. The molecule has 5 nitrogen and oxygen atoms in total. The average molecular weight is 339 g/mol. The van der Waals surface area contributed by atoms with Gasteiger partial charge in [0.1, 0.15) is 6.10 Å². The molecule has 25 heavy (non-hydrogen) atoms. The van der Waals surface area contributed by atoms with Gasteiger partial charge in [0.2, 0.25) is 5.88 Å². The third-order valence-corrected chi connectivity index (χ3v) is 4.42. The molecule has 2 heterocycles. The zero-order valence-electron chi connectivity index (χ0n) is 14.4. The minimum atomic E-state index is 0.0318. The highest BCUT2D eigenvalue weighted by Gasteiger charge is 2.23. The number of nitrogens with one attached hydrogen (secondary N) is 1. The Morgan fingerprint density at radius 1 is 1.12 bits per heavy atom. The molecule has 5 heteroatoms. The third-order valence-electron chi connectivity index (χ3n) is 4.42. The lowest BCUT2D eigenvalue weighted by Crippen LogP contribution is -2.46. The Morgan fingerprint density at radius 3 is 2.60 bits per heavy atom. The summed E-state index contributed by atoms with van der Waals surface area (Å²) in [6.07, 6.45) is 5.49. The van der Waals surface area contributed by atoms with Gasteiger partial charge in [-0.05, 0) is 24.5 Å². The van der Waals surface area contributed by atoms with E-state index in [-0.39, 0.29) is 12.1 Å². The fourth-order valence-corrected chi connectivity index (χ4v) is 3.01. The number of benzene rings is 1. The van der Waals surface area contributed by atoms with Crippen molar-refractivity contribution in [2.45, 2.75) is 31.8 Å². The van der Waals surface area contributed by atoms with Gasteiger partial charge in [0.15, 0.2) is 0 Å². The van der Waals surface area contributed by atoms with E-state index in [1.807, 2.05) is 41.3 Å². The summed E-state index contributed by atoms with van der Waals surface area (Å²) in [5, 5.41) is 3.02. The molecule has 2 aromatic rings. The van der Waals surface area contributed by atoms with Gasteiger partial charge in [0.25, 0.3) is 0 Å². The Morgan fingerprint density at radius 2 is 1.88 bits per heavy atom. The lowest BCUT2D eigenvalue weighted by Gasteiger charge is -2.31. The predicted molar refractivity (Wildman–Crippen MR) is 97.6 cm³/mol. The van der Waals surface area contributed by atoms with Gasteiger partial charge < -0.3 is 15.0 Å². The smallest absolute Gasteiger partial charge is 0.317 e. The van der Waals surface area contributed by atoms with Gasteiger partial charge in [0.05, 0.1) is 0 Å². The zero-order chi connectivity index (χ0) is 17.3. The number of pyridine rings is 1. The number of carbonyl (C=O) groups is 1. The van der Waals surface area contributed by atoms with E-state index >= 15 is 0 Å². The summed E-state index contributed by atoms with van der Waals surface area (Å²) in [5.41, 5.74) is 1.31. The second-order valence-electron chi connectivity index (χ2n) is 6.29. The van der Waals surface area contributed by atoms with Gasteiger partial charge in [-0.25, -0.2) is 9.78 Å². The van der Waals surface area contributed by atoms with Crippen LogP contribution in [-0.4, -0.2) is 41.7 Å². The van der Waals surface area contributed by atoms with Crippen molar-refractivity contribution in [2.24, 2.45) is 0 Å². The minimum Gasteiger partial charge on any atom is -0.474 e. The number of ether oxygens (including phenoxy) is 1. The van der Waals surface area contributed by atoms with E-state index in [4.69, 9.17) is 4.74 Å². The highest BCUT2D eigenvalue weighted by molar-refractivity contribution is 5.74. The molecule has 1 saturated heterocycles. The lowest BCUT2D eigenvalue weighted by atomic mass is 10.1. The lowest BCUT2D eigenvalue weighted by molar-refractivity contribution is 0.107. The van der Waals surface area contributed by atoms with E-state index < -0.39 is 0 Å². The van der Waals surface area contributed by atoms with Crippen molar-refractivity contribution in [1.82, 2.24) is 15.2 Å². The summed E-state index contributed by atoms with van der Waals surface area (Å²) in [7, 11) is 0. The average Bonchev–Trinajstić information content (AvgIpc) is 2.67. The van der Waals surface area contributed by atoms with Crippen LogP contribution in [0, 0.1) is 0 Å². The molecule has 2 amide bonds. The first-order valence-electron chi connectivity index (χ1n) is 8.95. The topological polar surface area (TPSA) is 54.5 Å². The van der Waals surface area contributed by atoms with E-state index in [1.54, 1.807) is 6.20 Å². The number of hydrogen-bond acceptors (Lipinski definition) is 3. The molecule has 0 bridgehead atoms. The van der Waals surface area contributed by atoms with Crippen molar-refractivity contribution >= 4 is 6.03 Å². The van der Waals surface area contributed by atoms with E-state index in [0.29, 0.717) is 12.4 Å². The van der Waals surface area contributed by atoms with Crippen molar-refractivity contribution in [1.29, 1.82) is 0 Å². The van der Waals surface area contributed by atoms with Gasteiger partial charge >= 0.3 is 6.03 Å². The molecule has 1 aliphatic rings. The molecule has 3 rings (SSSR count). The summed E-state index contributed by atoms with van der Waals surface area (Å²) in [6, 6.07) is 16.0. The number of amides is 2. The maximum Gasteiger partial charge on any atom is 0.317 e. The second kappa shape index (κ2) is 9.06. The Balaban J connectivity index is 1.33. The normalized spacial score (nSPS) is 15.0. The van der Waals surface area contributed by atoms with E-state index in [9.17, 15) is 4.79 Å². The van der Waals surface area contributed by atoms with Crippen molar-refractivity contribution in [3.05, 3.63) is 60.3 Å². The fourth-order valence-electron chi connectivity index (χ4n) is 3.01. The number of carbonyl (C=O) groups excluding carboxylic acids is 1. The molecule has 1 aromatic carbocycles. The zero-order valence-corrected chi connectivity index (χ0v) is 14.4. The first-order chi connectivity index (χ1) is 12.3. The van der Waals surface area contributed by atoms with E-state index in [1.165, 1.54) is 5.56 Å². The van der Waals surface area contributed by atoms with Crippen molar-refractivity contribution < 1.29 is 9.53 Å². The van der Waals surface area contributed by atoms with Gasteiger partial charge in [0, 0.05) is 44.7 Å². The van der Waals surface area contributed by atoms with Crippen LogP contribution in [0.25, 0.3) is 0 Å². The van der Waals surface area contributed by atoms with Gasteiger partial charge in [-0.2, -0.15) is 0 Å². The number of aromatic nitrogens is 1. The van der Waals surface area contributed by atoms with Crippen molar-refractivity contribution in [3.63, 3.8) is 0 Å². The minimum absolute atomic E-state index is 0.0318. The van der Waals surface area contributed by atoms with Crippen LogP contribution in [0.4, 0.5) is 4.79 Å². The molecular formula is C20H25N3O2. The van der Waals surface area contributed by atoms with Gasteiger partial charge in [-0.1, -0.05) is 36.4 Å². The van der Waals surface area contributed by atoms with E-state index in [2.05, 4.69) is 22.4 Å². The largest absolute Gasteiger partial charge is 0.474 e. The molecular weight excluding hydrogens is 314 g/mol. The number of urea groups is 1. The molecule has 0 atom stereocenters. The Kier molecular flexibility index (Phi) is 6.26. The van der Waals surface area contributed by atoms with Crippen molar-refractivity contribution in [3.8, 4) is 5.88 Å². The van der Waals surface area contributed by atoms with Crippen LogP contribution >= 0.6 is 0 Å². The summed E-state index contributed by atoms with van der Waals surface area (Å²) < 4.78 is 5.86. The van der Waals surface area contributed by atoms with Crippen LogP contribution in [0.3, 0.4) is 0 Å². The number of hydrogen-bond donors (Lipinski definition) is 1. The molecule has 0 radical (unpaired) electrons. The summed E-state index contributed by atoms with van der Waals surface area (Å²) in [6.45, 7) is 2.15. The molecule has 0 unspecified atom stereocenters. The number of piperidine rings is 1. The molecule has 1 N–H and O–H groups in total. The fraction of sp³-hybridized carbons (Fsp3) is 0.400. The van der Waals surface area contributed by atoms with Crippen LogP contribution in [0.2, 0.25) is 0 Å². The SMILES string of the molecule is O=C(NCCCc1ccccc1)N1CCC(Oc2ccccn2)CC1. The molecule has 0 spiro atoms. The monoisotopic (exact) mass is 339 g/mol. The molecule has 1 aromatic heterocycles. The third kappa shape index (κ3) is 5.48. The van der Waals surface area contributed by atoms with E-state index in [0.717, 1.165) is 38.8 Å². The Labute approximate surface area is 149 Å². The predicted octanol–water partition coefficient (Wildman–Crippen LogP) is 3.27. The maximum atomic E-state index is 12.2. The molecule has 1 aliphatic heterocycles. The Bertz CT molecular complexity index is 641. The first kappa shape index (κ1) is 17.3. The summed E-state index contributed by atoms with van der Waals surface area (Å²) in [4.78, 5) is 18.3. The maximum absolute atomic E-state index is 12.2. The molecule has 132 valence electrons. The number of likely N-dealkylation sites (tertiary alicyclic amines) is 1. The van der Waals surface area contributed by atoms with Crippen LogP contribution < -0.4 is 10.1 Å². The van der Waals surface area contributed by atoms with Crippen LogP contribution in [0.15, 0.2) is 54.7 Å². The highest BCUT2D eigenvalue weighted by atomic mass is 16.5. The quantitative estimate of drug-likeness (QED) is 0.822. The van der Waals surface area contributed by atoms with Crippen LogP contribution in [0.5, 0.6) is 5.88 Å². The number of aryl methyl sites for hydroxylation is 1. The molecule has 0 saturated carbocycles. The standard InChI is InChI=1S/C20H25N3O2/c24-20(22-14-6-9-17-7-2-1-3-8-17)23-15-11-18(12-16-23)25-19-10-4-5-13-21-19/h1-5,7-8,10,13,18H,6,9,11-12,14-16H2,(H,22,24). The molecule has 1 fully saturated rings. The first-order valence-corrected chi connectivity index (χ1v) is 8.95. The highest BCUT2D eigenvalue weighted by Crippen LogP contribution is 2.16. The van der Waals surface area contributed by atoms with Gasteiger partial charge in [-0.3, -0.25) is 0 Å². The Hall–Kier alpha value is -2.56. The van der Waals surface area contributed by atoms with Crippen molar-refractivity contribution in [2.75, 3.05) is 19.6 Å². The second-order valence-corrected chi connectivity index (χ2v) is 6.29.